The molecule has 1 saturated heterocycles. The van der Waals surface area contributed by atoms with Crippen molar-refractivity contribution in [2.24, 2.45) is 0 Å². The molecule has 1 aliphatic heterocycles. The number of rotatable bonds is 3. The minimum absolute atomic E-state index is 0.00736. The molecule has 1 atom stereocenters. The predicted molar refractivity (Wildman–Crippen MR) is 49.0 cm³/mol. The maximum Gasteiger partial charge on any atom is 0.303 e. The molecule has 1 unspecified atom stereocenters. The van der Waals surface area contributed by atoms with Gasteiger partial charge in [-0.1, -0.05) is 12.2 Å². The second-order valence-corrected chi connectivity index (χ2v) is 4.02. The van der Waals surface area contributed by atoms with Crippen molar-refractivity contribution in [3.05, 3.63) is 0 Å². The van der Waals surface area contributed by atoms with Crippen molar-refractivity contribution in [1.82, 2.24) is 5.32 Å². The molecule has 12 heavy (non-hydrogen) atoms. The summed E-state index contributed by atoms with van der Waals surface area (Å²) >= 11 is 5.71. The van der Waals surface area contributed by atoms with E-state index in [4.69, 9.17) is 17.3 Å². The Kier molecular flexibility index (Phi) is 3.05. The number of nitrogens with one attached hydrogen (secondary N) is 1. The van der Waals surface area contributed by atoms with Gasteiger partial charge in [-0.3, -0.25) is 9.59 Å². The molecule has 0 amide bonds. The molecule has 2 N–H and O–H groups in total. The maximum atomic E-state index is 11.0. The van der Waals surface area contributed by atoms with Crippen LogP contribution >= 0.6 is 24.0 Å². The van der Waals surface area contributed by atoms with Gasteiger partial charge < -0.3 is 10.4 Å². The third kappa shape index (κ3) is 2.46. The van der Waals surface area contributed by atoms with Gasteiger partial charge >= 0.3 is 5.97 Å². The molecule has 6 heteroatoms. The third-order valence-electron chi connectivity index (χ3n) is 1.42. The van der Waals surface area contributed by atoms with Gasteiger partial charge in [0.1, 0.15) is 4.32 Å². The number of thiocarbonyl (C=S) groups is 1. The Bertz CT molecular complexity index is 241. The summed E-state index contributed by atoms with van der Waals surface area (Å²) in [5.41, 5.74) is 0. The Balaban J connectivity index is 2.38. The molecule has 0 radical (unpaired) electrons. The molecule has 0 aromatic carbocycles. The maximum absolute atomic E-state index is 11.0. The first-order valence-electron chi connectivity index (χ1n) is 3.33. The predicted octanol–water partition coefficient (Wildman–Crippen LogP) is 0.368. The molecule has 0 spiro atoms. The zero-order valence-corrected chi connectivity index (χ0v) is 7.70. The number of carboxylic acids is 1. The zero-order chi connectivity index (χ0) is 9.14. The van der Waals surface area contributed by atoms with Crippen molar-refractivity contribution < 1.29 is 14.7 Å². The van der Waals surface area contributed by atoms with Crippen LogP contribution in [0.25, 0.3) is 0 Å². The van der Waals surface area contributed by atoms with Gasteiger partial charge in [0.15, 0.2) is 0 Å². The minimum atomic E-state index is -0.896. The summed E-state index contributed by atoms with van der Waals surface area (Å²) in [6.07, 6.45) is 0.299. The average Bonchev–Trinajstić information content (AvgIpc) is 2.26. The number of hydrogen-bond acceptors (Lipinski definition) is 4. The smallest absolute Gasteiger partial charge is 0.303 e. The highest BCUT2D eigenvalue weighted by molar-refractivity contribution is 8.33. The molecule has 1 heterocycles. The van der Waals surface area contributed by atoms with E-state index in [1.54, 1.807) is 0 Å². The van der Waals surface area contributed by atoms with Crippen LogP contribution in [0, 0.1) is 0 Å². The SMILES string of the molecule is O=C(O)CCC1NC(=S)SC1=O. The van der Waals surface area contributed by atoms with Gasteiger partial charge in [0, 0.05) is 6.42 Å². The quantitative estimate of drug-likeness (QED) is 0.649. The number of carbonyl (C=O) groups is 2. The van der Waals surface area contributed by atoms with Crippen LogP contribution < -0.4 is 5.32 Å². The van der Waals surface area contributed by atoms with Crippen LogP contribution in [0.4, 0.5) is 0 Å². The fraction of sp³-hybridized carbons (Fsp3) is 0.500. The molecule has 0 bridgehead atoms. The number of hydrogen-bond donors (Lipinski definition) is 2. The molecule has 0 aromatic rings. The molecule has 66 valence electrons. The van der Waals surface area contributed by atoms with Crippen LogP contribution in [0.5, 0.6) is 0 Å². The van der Waals surface area contributed by atoms with Crippen molar-refractivity contribution in [2.45, 2.75) is 18.9 Å². The second-order valence-electron chi connectivity index (χ2n) is 2.34. The van der Waals surface area contributed by atoms with E-state index in [1.165, 1.54) is 0 Å². The fourth-order valence-corrected chi connectivity index (χ4v) is 1.94. The summed E-state index contributed by atoms with van der Waals surface area (Å²) in [5.74, 6) is -0.896. The van der Waals surface area contributed by atoms with Gasteiger partial charge in [0.2, 0.25) is 5.12 Å². The number of carboxylic acid groups (broad SMARTS) is 1. The van der Waals surface area contributed by atoms with Gasteiger partial charge in [0.05, 0.1) is 6.04 Å². The van der Waals surface area contributed by atoms with Crippen LogP contribution in [-0.4, -0.2) is 26.6 Å². The first-order valence-corrected chi connectivity index (χ1v) is 4.56. The molecule has 1 rings (SSSR count). The zero-order valence-electron chi connectivity index (χ0n) is 6.07. The van der Waals surface area contributed by atoms with Crippen LogP contribution in [0.2, 0.25) is 0 Å². The largest absolute Gasteiger partial charge is 0.481 e. The molecule has 1 fully saturated rings. The van der Waals surface area contributed by atoms with E-state index < -0.39 is 12.0 Å². The summed E-state index contributed by atoms with van der Waals surface area (Å²) in [5, 5.41) is 11.0. The molecule has 0 saturated carbocycles. The Morgan fingerprint density at radius 1 is 1.75 bits per heavy atom. The normalized spacial score (nSPS) is 22.5. The number of aliphatic carboxylic acids is 1. The lowest BCUT2D eigenvalue weighted by Gasteiger charge is -2.04. The highest BCUT2D eigenvalue weighted by Gasteiger charge is 2.28. The van der Waals surface area contributed by atoms with Crippen LogP contribution in [0.15, 0.2) is 0 Å². The van der Waals surface area contributed by atoms with Crippen molar-refractivity contribution in [3.63, 3.8) is 0 Å². The molecular weight excluding hydrogens is 198 g/mol. The molecule has 0 aliphatic carbocycles. The van der Waals surface area contributed by atoms with Crippen molar-refractivity contribution in [1.29, 1.82) is 0 Å². The van der Waals surface area contributed by atoms with E-state index >= 15 is 0 Å². The fourth-order valence-electron chi connectivity index (χ4n) is 0.851. The standard InChI is InChI=1S/C6H7NO3S2/c8-4(9)2-1-3-5(10)12-6(11)7-3/h3H,1-2H2,(H,7,11)(H,8,9). The molecule has 1 aliphatic rings. The Hall–Kier alpha value is -0.620. The molecule has 0 aromatic heterocycles. The van der Waals surface area contributed by atoms with Gasteiger partial charge in [-0.2, -0.15) is 0 Å². The van der Waals surface area contributed by atoms with Gasteiger partial charge in [-0.15, -0.1) is 0 Å². The lowest BCUT2D eigenvalue weighted by Crippen LogP contribution is -2.29. The van der Waals surface area contributed by atoms with Crippen LogP contribution in [-0.2, 0) is 9.59 Å². The van der Waals surface area contributed by atoms with E-state index in [0.717, 1.165) is 11.8 Å². The first kappa shape index (κ1) is 9.47. The summed E-state index contributed by atoms with van der Waals surface area (Å²) in [6.45, 7) is 0. The van der Waals surface area contributed by atoms with Gasteiger partial charge in [0.25, 0.3) is 0 Å². The van der Waals surface area contributed by atoms with Crippen molar-refractivity contribution >= 4 is 39.4 Å². The van der Waals surface area contributed by atoms with E-state index in [9.17, 15) is 9.59 Å². The Labute approximate surface area is 78.7 Å². The Morgan fingerprint density at radius 2 is 2.42 bits per heavy atom. The number of carbonyl (C=O) groups excluding carboxylic acids is 1. The lowest BCUT2D eigenvalue weighted by molar-refractivity contribution is -0.137. The summed E-state index contributed by atoms with van der Waals surface area (Å²) < 4.78 is 0.440. The summed E-state index contributed by atoms with van der Waals surface area (Å²) in [6, 6.07) is -0.404. The van der Waals surface area contributed by atoms with Gasteiger partial charge in [-0.05, 0) is 18.2 Å². The molecular formula is C6H7NO3S2. The second kappa shape index (κ2) is 3.86. The summed E-state index contributed by atoms with van der Waals surface area (Å²) in [7, 11) is 0. The lowest BCUT2D eigenvalue weighted by atomic mass is 10.2. The monoisotopic (exact) mass is 205 g/mol. The molecule has 4 nitrogen and oxygen atoms in total. The van der Waals surface area contributed by atoms with Crippen molar-refractivity contribution in [2.75, 3.05) is 0 Å². The van der Waals surface area contributed by atoms with E-state index in [0.29, 0.717) is 10.7 Å². The minimum Gasteiger partial charge on any atom is -0.481 e. The topological polar surface area (TPSA) is 66.4 Å². The third-order valence-corrected chi connectivity index (χ3v) is 2.57. The summed E-state index contributed by atoms with van der Waals surface area (Å²) in [4.78, 5) is 21.2. The van der Waals surface area contributed by atoms with Crippen LogP contribution in [0.1, 0.15) is 12.8 Å². The van der Waals surface area contributed by atoms with Gasteiger partial charge in [-0.25, -0.2) is 0 Å². The average molecular weight is 205 g/mol. The van der Waals surface area contributed by atoms with E-state index in [-0.39, 0.29) is 11.5 Å². The van der Waals surface area contributed by atoms with Crippen LogP contribution in [0.3, 0.4) is 0 Å². The highest BCUT2D eigenvalue weighted by atomic mass is 32.2. The van der Waals surface area contributed by atoms with E-state index in [1.807, 2.05) is 0 Å². The number of thioether (sulfide) groups is 1. The van der Waals surface area contributed by atoms with E-state index in [2.05, 4.69) is 5.32 Å². The first-order chi connectivity index (χ1) is 5.59. The Morgan fingerprint density at radius 3 is 2.83 bits per heavy atom. The highest BCUT2D eigenvalue weighted by Crippen LogP contribution is 2.18. The van der Waals surface area contributed by atoms with Crippen molar-refractivity contribution in [3.8, 4) is 0 Å².